The normalized spacial score (nSPS) is 12.4. The summed E-state index contributed by atoms with van der Waals surface area (Å²) in [6, 6.07) is 63.7. The topological polar surface area (TPSA) is 0 Å². The van der Waals surface area contributed by atoms with Crippen molar-refractivity contribution in [3.8, 4) is 66.8 Å². The van der Waals surface area contributed by atoms with Crippen LogP contribution in [0.3, 0.4) is 0 Å². The summed E-state index contributed by atoms with van der Waals surface area (Å²) in [5.74, 6) is 0. The van der Waals surface area contributed by atoms with Crippen LogP contribution in [0.25, 0.3) is 121 Å². The Hall–Kier alpha value is -6.50. The number of rotatable bonds is 2. The van der Waals surface area contributed by atoms with Gasteiger partial charge in [0.2, 0.25) is 0 Å². The maximum Gasteiger partial charge on any atom is -0.00137 e. The molecule has 0 atom stereocenters. The molecular weight excluding hydrogens is 601 g/mol. The van der Waals surface area contributed by atoms with Gasteiger partial charge in [-0.3, -0.25) is 0 Å². The Labute approximate surface area is 289 Å². The number of hydrogen-bond acceptors (Lipinski definition) is 0. The van der Waals surface area contributed by atoms with E-state index in [1.165, 1.54) is 121 Å². The van der Waals surface area contributed by atoms with Gasteiger partial charge in [0, 0.05) is 0 Å². The highest BCUT2D eigenvalue weighted by molar-refractivity contribution is 6.30. The van der Waals surface area contributed by atoms with E-state index >= 15 is 0 Å². The summed E-state index contributed by atoms with van der Waals surface area (Å²) in [5.41, 5.74) is 15.9. The van der Waals surface area contributed by atoms with Gasteiger partial charge in [-0.1, -0.05) is 158 Å². The zero-order chi connectivity index (χ0) is 32.5. The van der Waals surface area contributed by atoms with Crippen LogP contribution in [-0.2, 0) is 0 Å². The fourth-order valence-corrected chi connectivity index (χ4v) is 9.51. The van der Waals surface area contributed by atoms with Crippen LogP contribution in [0, 0.1) is 0 Å². The molecular formula is C50H28. The molecule has 2 aliphatic rings. The van der Waals surface area contributed by atoms with E-state index in [-0.39, 0.29) is 0 Å². The first-order valence-corrected chi connectivity index (χ1v) is 17.5. The molecule has 0 heterocycles. The summed E-state index contributed by atoms with van der Waals surface area (Å²) in [6.07, 6.45) is 0. The van der Waals surface area contributed by atoms with Crippen LogP contribution < -0.4 is 0 Å². The Morgan fingerprint density at radius 3 is 1.02 bits per heavy atom. The van der Waals surface area contributed by atoms with Gasteiger partial charge in [0.15, 0.2) is 0 Å². The lowest BCUT2D eigenvalue weighted by molar-refractivity contribution is 1.65. The van der Waals surface area contributed by atoms with Crippen LogP contribution in [0.5, 0.6) is 0 Å². The largest absolute Gasteiger partial charge is 0.0622 e. The predicted molar refractivity (Wildman–Crippen MR) is 214 cm³/mol. The second-order valence-electron chi connectivity index (χ2n) is 13.9. The van der Waals surface area contributed by atoms with Crippen molar-refractivity contribution in [2.75, 3.05) is 0 Å². The van der Waals surface area contributed by atoms with Gasteiger partial charge in [-0.2, -0.15) is 0 Å². The molecule has 228 valence electrons. The Bertz CT molecular complexity index is 2890. The first kappa shape index (κ1) is 26.5. The molecule has 0 nitrogen and oxygen atoms in total. The summed E-state index contributed by atoms with van der Waals surface area (Å²) < 4.78 is 0. The molecule has 2 aliphatic carbocycles. The average Bonchev–Trinajstić information content (AvgIpc) is 3.68. The molecule has 0 N–H and O–H groups in total. The molecule has 10 aromatic rings. The Morgan fingerprint density at radius 1 is 0.220 bits per heavy atom. The molecule has 0 spiro atoms. The molecule has 0 unspecified atom stereocenters. The molecule has 0 heteroatoms. The minimum Gasteiger partial charge on any atom is -0.0622 e. The lowest BCUT2D eigenvalue weighted by Gasteiger charge is -2.19. The van der Waals surface area contributed by atoms with Crippen LogP contribution in [0.1, 0.15) is 0 Å². The summed E-state index contributed by atoms with van der Waals surface area (Å²) in [5, 5.41) is 13.1. The molecule has 12 rings (SSSR count). The first-order valence-electron chi connectivity index (χ1n) is 17.5. The zero-order valence-electron chi connectivity index (χ0n) is 27.2. The molecule has 50 heavy (non-hydrogen) atoms. The van der Waals surface area contributed by atoms with E-state index < -0.39 is 0 Å². The monoisotopic (exact) mass is 628 g/mol. The second-order valence-corrected chi connectivity index (χ2v) is 13.9. The van der Waals surface area contributed by atoms with Crippen LogP contribution in [0.15, 0.2) is 170 Å². The standard InChI is InChI=1S/C50H28/c1-3-11-31(12-4-1)47-37-25-23-34-33(41(37)27-43-35-19-7-15-29-17-9-21-39(45(29)35)49(43)47)24-26-38-42(34)28-44-36-20-8-16-30-18-10-22-40(46(30)36)50(44)48(38)32-13-5-2-6-14-32/h1-28H. The van der Waals surface area contributed by atoms with Crippen molar-refractivity contribution in [3.05, 3.63) is 170 Å². The van der Waals surface area contributed by atoms with Gasteiger partial charge >= 0.3 is 0 Å². The van der Waals surface area contributed by atoms with Crippen LogP contribution >= 0.6 is 0 Å². The molecule has 0 fully saturated rings. The maximum absolute atomic E-state index is 2.49. The lowest BCUT2D eigenvalue weighted by Crippen LogP contribution is -1.92. The van der Waals surface area contributed by atoms with Gasteiger partial charge in [-0.05, 0) is 133 Å². The third-order valence-electron chi connectivity index (χ3n) is 11.5. The zero-order valence-corrected chi connectivity index (χ0v) is 27.2. The van der Waals surface area contributed by atoms with Crippen LogP contribution in [0.2, 0.25) is 0 Å². The van der Waals surface area contributed by atoms with Crippen LogP contribution in [0.4, 0.5) is 0 Å². The van der Waals surface area contributed by atoms with E-state index in [0.717, 1.165) is 0 Å². The Balaban J connectivity index is 1.24. The predicted octanol–water partition coefficient (Wildman–Crippen LogP) is 14.1. The molecule has 0 aromatic heterocycles. The molecule has 0 radical (unpaired) electrons. The van der Waals surface area contributed by atoms with E-state index in [4.69, 9.17) is 0 Å². The molecule has 0 aliphatic heterocycles. The molecule has 10 aromatic carbocycles. The first-order chi connectivity index (χ1) is 24.8. The van der Waals surface area contributed by atoms with Crippen molar-refractivity contribution in [1.82, 2.24) is 0 Å². The van der Waals surface area contributed by atoms with Gasteiger partial charge in [0.25, 0.3) is 0 Å². The van der Waals surface area contributed by atoms with E-state index in [0.29, 0.717) is 0 Å². The highest BCUT2D eigenvalue weighted by Crippen LogP contribution is 2.56. The molecule has 0 saturated heterocycles. The Kier molecular flexibility index (Phi) is 5.06. The summed E-state index contributed by atoms with van der Waals surface area (Å²) in [6.45, 7) is 0. The summed E-state index contributed by atoms with van der Waals surface area (Å²) in [4.78, 5) is 0. The summed E-state index contributed by atoms with van der Waals surface area (Å²) in [7, 11) is 0. The van der Waals surface area contributed by atoms with Crippen molar-refractivity contribution in [3.63, 3.8) is 0 Å². The van der Waals surface area contributed by atoms with Crippen molar-refractivity contribution in [2.24, 2.45) is 0 Å². The molecule has 0 amide bonds. The molecule has 0 bridgehead atoms. The van der Waals surface area contributed by atoms with Gasteiger partial charge < -0.3 is 0 Å². The minimum absolute atomic E-state index is 1.26. The Morgan fingerprint density at radius 2 is 0.600 bits per heavy atom. The maximum atomic E-state index is 2.49. The van der Waals surface area contributed by atoms with Crippen molar-refractivity contribution >= 4 is 53.9 Å². The van der Waals surface area contributed by atoms with Gasteiger partial charge in [0.05, 0.1) is 0 Å². The van der Waals surface area contributed by atoms with E-state index in [1.54, 1.807) is 0 Å². The third kappa shape index (κ3) is 3.31. The van der Waals surface area contributed by atoms with Crippen LogP contribution in [-0.4, -0.2) is 0 Å². The van der Waals surface area contributed by atoms with E-state index in [9.17, 15) is 0 Å². The van der Waals surface area contributed by atoms with Crippen molar-refractivity contribution < 1.29 is 0 Å². The van der Waals surface area contributed by atoms with E-state index in [1.807, 2.05) is 0 Å². The van der Waals surface area contributed by atoms with Crippen molar-refractivity contribution in [1.29, 1.82) is 0 Å². The second kappa shape index (κ2) is 9.56. The number of benzene rings is 10. The highest BCUT2D eigenvalue weighted by atomic mass is 14.3. The average molecular weight is 629 g/mol. The highest BCUT2D eigenvalue weighted by Gasteiger charge is 2.29. The van der Waals surface area contributed by atoms with Crippen molar-refractivity contribution in [2.45, 2.75) is 0 Å². The fraction of sp³-hybridized carbons (Fsp3) is 0. The lowest BCUT2D eigenvalue weighted by atomic mass is 9.84. The number of hydrogen-bond donors (Lipinski definition) is 0. The van der Waals surface area contributed by atoms with Gasteiger partial charge in [-0.15, -0.1) is 0 Å². The summed E-state index contributed by atoms with van der Waals surface area (Å²) >= 11 is 0. The third-order valence-corrected chi connectivity index (χ3v) is 11.5. The van der Waals surface area contributed by atoms with Gasteiger partial charge in [0.1, 0.15) is 0 Å². The SMILES string of the molecule is c1ccc(-c2c3c(cc4c2ccc2c5cc6c(c(-c7ccccc7)c5ccc42)-c2cccc4cccc-6c24)-c2cccc4cccc-3c24)cc1. The quantitative estimate of drug-likeness (QED) is 0.167. The number of fused-ring (bicyclic) bond motifs is 11. The molecule has 0 saturated carbocycles. The van der Waals surface area contributed by atoms with Gasteiger partial charge in [-0.25, -0.2) is 0 Å². The smallest absolute Gasteiger partial charge is 0.00137 e. The minimum atomic E-state index is 1.26. The van der Waals surface area contributed by atoms with E-state index in [2.05, 4.69) is 170 Å². The fourth-order valence-electron chi connectivity index (χ4n) is 9.51.